The first-order valence-corrected chi connectivity index (χ1v) is 7.31. The second-order valence-electron chi connectivity index (χ2n) is 3.76. The Morgan fingerprint density at radius 3 is 2.94 bits per heavy atom. The number of rotatable bonds is 5. The predicted molar refractivity (Wildman–Crippen MR) is 77.2 cm³/mol. The Kier molecular flexibility index (Phi) is 5.41. The van der Waals surface area contributed by atoms with Gasteiger partial charge in [0.1, 0.15) is 5.82 Å². The summed E-state index contributed by atoms with van der Waals surface area (Å²) in [5, 5.41) is 3.99. The van der Waals surface area contributed by atoms with Gasteiger partial charge in [0.15, 0.2) is 0 Å². The Morgan fingerprint density at radius 2 is 2.31 bits per heavy atom. The van der Waals surface area contributed by atoms with Gasteiger partial charge in [0.05, 0.1) is 16.4 Å². The highest BCUT2D eigenvalue weighted by Gasteiger charge is 2.07. The Hall–Kier alpha value is -0.420. The first-order chi connectivity index (χ1) is 7.56. The molecule has 5 heteroatoms. The Balaban J connectivity index is 2.58. The third-order valence-corrected chi connectivity index (χ3v) is 4.56. The minimum atomic E-state index is 0.668. The van der Waals surface area contributed by atoms with Crippen LogP contribution in [0.3, 0.4) is 0 Å². The highest BCUT2D eigenvalue weighted by Crippen LogP contribution is 2.27. The van der Waals surface area contributed by atoms with E-state index in [1.165, 1.54) is 0 Å². The first kappa shape index (κ1) is 13.6. The van der Waals surface area contributed by atoms with Gasteiger partial charge >= 0.3 is 0 Å². The zero-order chi connectivity index (χ0) is 12.1. The highest BCUT2D eigenvalue weighted by molar-refractivity contribution is 9.10. The smallest absolute Gasteiger partial charge is 0.140 e. The first-order valence-electron chi connectivity index (χ1n) is 5.23. The minimum Gasteiger partial charge on any atom is -0.397 e. The van der Waals surface area contributed by atoms with E-state index in [1.54, 1.807) is 6.20 Å². The molecule has 0 saturated carbocycles. The van der Waals surface area contributed by atoms with Crippen LogP contribution in [0.25, 0.3) is 0 Å². The zero-order valence-electron chi connectivity index (χ0n) is 9.88. The largest absolute Gasteiger partial charge is 0.397 e. The lowest BCUT2D eigenvalue weighted by Crippen LogP contribution is -2.10. The molecule has 1 rings (SSSR count). The minimum absolute atomic E-state index is 0.668. The van der Waals surface area contributed by atoms with E-state index in [9.17, 15) is 0 Å². The summed E-state index contributed by atoms with van der Waals surface area (Å²) in [7, 11) is 0. The van der Waals surface area contributed by atoms with E-state index < -0.39 is 0 Å². The zero-order valence-corrected chi connectivity index (χ0v) is 12.3. The van der Waals surface area contributed by atoms with Gasteiger partial charge in [-0.25, -0.2) is 4.98 Å². The SMILES string of the molecule is CSC(C)CCNc1ncc(N)c(C)c1Br. The van der Waals surface area contributed by atoms with Gasteiger partial charge in [0.2, 0.25) is 0 Å². The lowest BCUT2D eigenvalue weighted by Gasteiger charge is -2.12. The van der Waals surface area contributed by atoms with Crippen molar-refractivity contribution < 1.29 is 0 Å². The van der Waals surface area contributed by atoms with Crippen LogP contribution in [0.15, 0.2) is 10.7 Å². The van der Waals surface area contributed by atoms with E-state index in [4.69, 9.17) is 5.73 Å². The maximum atomic E-state index is 5.76. The lowest BCUT2D eigenvalue weighted by molar-refractivity contribution is 0.849. The van der Waals surface area contributed by atoms with E-state index >= 15 is 0 Å². The number of thioether (sulfide) groups is 1. The summed E-state index contributed by atoms with van der Waals surface area (Å²) in [4.78, 5) is 4.27. The molecule has 1 unspecified atom stereocenters. The van der Waals surface area contributed by atoms with Gasteiger partial charge in [-0.05, 0) is 41.1 Å². The molecule has 1 aromatic rings. The molecular weight excluding hydrogens is 286 g/mol. The molecule has 0 saturated heterocycles. The number of pyridine rings is 1. The van der Waals surface area contributed by atoms with Crippen molar-refractivity contribution in [1.82, 2.24) is 4.98 Å². The summed E-state index contributed by atoms with van der Waals surface area (Å²) in [5.41, 5.74) is 7.52. The van der Waals surface area contributed by atoms with Crippen LogP contribution >= 0.6 is 27.7 Å². The van der Waals surface area contributed by atoms with Gasteiger partial charge in [-0.1, -0.05) is 6.92 Å². The van der Waals surface area contributed by atoms with Crippen LogP contribution in [0.1, 0.15) is 18.9 Å². The fourth-order valence-corrected chi connectivity index (χ4v) is 2.05. The molecule has 0 radical (unpaired) electrons. The Bertz CT molecular complexity index is 357. The van der Waals surface area contributed by atoms with Gasteiger partial charge in [0, 0.05) is 11.8 Å². The monoisotopic (exact) mass is 303 g/mol. The van der Waals surface area contributed by atoms with Gasteiger partial charge in [-0.2, -0.15) is 11.8 Å². The van der Waals surface area contributed by atoms with Crippen molar-refractivity contribution in [2.24, 2.45) is 0 Å². The summed E-state index contributed by atoms with van der Waals surface area (Å²) < 4.78 is 0.962. The summed E-state index contributed by atoms with van der Waals surface area (Å²) in [5.74, 6) is 0.875. The summed E-state index contributed by atoms with van der Waals surface area (Å²) in [6.07, 6.45) is 4.95. The Morgan fingerprint density at radius 1 is 1.62 bits per heavy atom. The fourth-order valence-electron chi connectivity index (χ4n) is 1.23. The molecule has 0 aliphatic rings. The maximum Gasteiger partial charge on any atom is 0.140 e. The number of anilines is 2. The molecular formula is C11H18BrN3S. The molecule has 0 aromatic carbocycles. The number of nitrogen functional groups attached to an aromatic ring is 1. The molecule has 16 heavy (non-hydrogen) atoms. The van der Waals surface area contributed by atoms with Crippen LogP contribution in [-0.2, 0) is 0 Å². The van der Waals surface area contributed by atoms with Crippen molar-refractivity contribution in [3.63, 3.8) is 0 Å². The van der Waals surface area contributed by atoms with Gasteiger partial charge in [0.25, 0.3) is 0 Å². The molecule has 0 amide bonds. The van der Waals surface area contributed by atoms with Crippen LogP contribution in [0, 0.1) is 6.92 Å². The van der Waals surface area contributed by atoms with Crippen LogP contribution in [0.5, 0.6) is 0 Å². The van der Waals surface area contributed by atoms with E-state index in [2.05, 4.69) is 39.4 Å². The summed E-state index contributed by atoms with van der Waals surface area (Å²) in [6, 6.07) is 0. The van der Waals surface area contributed by atoms with Crippen LogP contribution in [0.4, 0.5) is 11.5 Å². The molecule has 0 bridgehead atoms. The summed E-state index contributed by atoms with van der Waals surface area (Å²) in [6.45, 7) is 5.14. The van der Waals surface area contributed by atoms with Gasteiger partial charge < -0.3 is 11.1 Å². The quantitative estimate of drug-likeness (QED) is 0.876. The average molecular weight is 304 g/mol. The predicted octanol–water partition coefficient (Wildman–Crippen LogP) is 3.29. The van der Waals surface area contributed by atoms with Crippen molar-refractivity contribution in [3.8, 4) is 0 Å². The number of nitrogens with zero attached hydrogens (tertiary/aromatic N) is 1. The van der Waals surface area contributed by atoms with Gasteiger partial charge in [-0.15, -0.1) is 0 Å². The molecule has 1 atom stereocenters. The summed E-state index contributed by atoms with van der Waals surface area (Å²) >= 11 is 5.38. The van der Waals surface area contributed by atoms with Crippen LogP contribution in [-0.4, -0.2) is 23.0 Å². The van der Waals surface area contributed by atoms with E-state index in [-0.39, 0.29) is 0 Å². The number of halogens is 1. The van der Waals surface area contributed by atoms with Crippen LogP contribution < -0.4 is 11.1 Å². The molecule has 1 heterocycles. The van der Waals surface area contributed by atoms with Crippen molar-refractivity contribution in [1.29, 1.82) is 0 Å². The standard InChI is InChI=1S/C11H18BrN3S/c1-7(16-3)4-5-14-11-10(12)8(2)9(13)6-15-11/h6-7H,4-5,13H2,1-3H3,(H,14,15). The van der Waals surface area contributed by atoms with Crippen molar-refractivity contribution in [2.75, 3.05) is 23.9 Å². The molecule has 0 aliphatic heterocycles. The normalized spacial score (nSPS) is 12.5. The number of nitrogens with two attached hydrogens (primary N) is 1. The second-order valence-corrected chi connectivity index (χ2v) is 5.83. The molecule has 0 fully saturated rings. The van der Waals surface area contributed by atoms with Crippen molar-refractivity contribution in [2.45, 2.75) is 25.5 Å². The van der Waals surface area contributed by atoms with Crippen molar-refractivity contribution >= 4 is 39.2 Å². The lowest BCUT2D eigenvalue weighted by atomic mass is 10.2. The third kappa shape index (κ3) is 3.56. The maximum absolute atomic E-state index is 5.76. The number of hydrogen-bond acceptors (Lipinski definition) is 4. The molecule has 90 valence electrons. The highest BCUT2D eigenvalue weighted by atomic mass is 79.9. The topological polar surface area (TPSA) is 50.9 Å². The van der Waals surface area contributed by atoms with E-state index in [0.29, 0.717) is 5.25 Å². The number of hydrogen-bond donors (Lipinski definition) is 2. The Labute approximate surface area is 110 Å². The fraction of sp³-hybridized carbons (Fsp3) is 0.545. The molecule has 0 aliphatic carbocycles. The third-order valence-electron chi connectivity index (χ3n) is 2.55. The number of aromatic nitrogens is 1. The van der Waals surface area contributed by atoms with E-state index in [0.717, 1.165) is 34.5 Å². The second kappa shape index (κ2) is 6.35. The molecule has 3 nitrogen and oxygen atoms in total. The van der Waals surface area contributed by atoms with Crippen molar-refractivity contribution in [3.05, 3.63) is 16.2 Å². The van der Waals surface area contributed by atoms with Crippen LogP contribution in [0.2, 0.25) is 0 Å². The molecule has 1 aromatic heterocycles. The van der Waals surface area contributed by atoms with Gasteiger partial charge in [-0.3, -0.25) is 0 Å². The average Bonchev–Trinajstić information content (AvgIpc) is 2.29. The van der Waals surface area contributed by atoms with E-state index in [1.807, 2.05) is 18.7 Å². The molecule has 0 spiro atoms. The number of nitrogens with one attached hydrogen (secondary N) is 1. The molecule has 3 N–H and O–H groups in total.